The highest BCUT2D eigenvalue weighted by Gasteiger charge is 2.48. The Bertz CT molecular complexity index is 630. The van der Waals surface area contributed by atoms with Gasteiger partial charge in [-0.15, -0.1) is 24.8 Å². The zero-order valence-electron chi connectivity index (χ0n) is 14.6. The summed E-state index contributed by atoms with van der Waals surface area (Å²) in [5.74, 6) is -0.372. The zero-order valence-corrected chi connectivity index (χ0v) is 17.9. The molecule has 1 aromatic heterocycles. The van der Waals surface area contributed by atoms with E-state index < -0.39 is 14.6 Å². The van der Waals surface area contributed by atoms with Crippen molar-refractivity contribution in [3.63, 3.8) is 0 Å². The first kappa shape index (κ1) is 24.6. The Labute approximate surface area is 166 Å². The van der Waals surface area contributed by atoms with E-state index in [1.807, 2.05) is 35.8 Å². The number of carbonyl (C=O) groups excluding carboxylic acids is 1. The maximum atomic E-state index is 12.7. The number of nitrogens with zero attached hydrogens (tertiary/aromatic N) is 1. The molecule has 2 heterocycles. The monoisotopic (exact) mass is 431 g/mol. The van der Waals surface area contributed by atoms with Crippen molar-refractivity contribution in [1.82, 2.24) is 15.5 Å². The molecule has 0 spiro atoms. The fourth-order valence-electron chi connectivity index (χ4n) is 3.01. The third kappa shape index (κ3) is 5.55. The number of hydrogen-bond acceptors (Lipinski definition) is 6. The van der Waals surface area contributed by atoms with Crippen LogP contribution in [0.5, 0.6) is 0 Å². The average Bonchev–Trinajstić information content (AvgIpc) is 3.00. The zero-order chi connectivity index (χ0) is 17.1. The normalized spacial score (nSPS) is 17.9. The quantitative estimate of drug-likeness (QED) is 0.712. The third-order valence-corrected chi connectivity index (χ3v) is 7.26. The van der Waals surface area contributed by atoms with Crippen molar-refractivity contribution in [2.24, 2.45) is 0 Å². The first-order valence-corrected chi connectivity index (χ1v) is 10.5. The van der Waals surface area contributed by atoms with Crippen molar-refractivity contribution in [2.45, 2.75) is 23.6 Å². The molecule has 25 heavy (non-hydrogen) atoms. The number of piperidine rings is 1. The number of amides is 1. The molecule has 1 aromatic rings. The molecule has 146 valence electrons. The highest BCUT2D eigenvalue weighted by Crippen LogP contribution is 2.28. The van der Waals surface area contributed by atoms with Crippen molar-refractivity contribution in [1.29, 1.82) is 0 Å². The fourth-order valence-corrected chi connectivity index (χ4v) is 5.07. The van der Waals surface area contributed by atoms with E-state index in [2.05, 4.69) is 10.6 Å². The van der Waals surface area contributed by atoms with E-state index in [-0.39, 0.29) is 36.8 Å². The van der Waals surface area contributed by atoms with Crippen molar-refractivity contribution in [3.8, 4) is 0 Å². The number of nitrogens with one attached hydrogen (secondary N) is 2. The van der Waals surface area contributed by atoms with E-state index in [9.17, 15) is 13.2 Å². The first-order chi connectivity index (χ1) is 10.8. The van der Waals surface area contributed by atoms with E-state index in [1.165, 1.54) is 6.26 Å². The van der Waals surface area contributed by atoms with Crippen LogP contribution >= 0.6 is 36.2 Å². The fraction of sp³-hybridized carbons (Fsp3) is 0.667. The number of thiophene rings is 1. The highest BCUT2D eigenvalue weighted by atomic mass is 35.5. The van der Waals surface area contributed by atoms with Gasteiger partial charge in [0.25, 0.3) is 0 Å². The molecule has 10 heteroatoms. The molecule has 0 saturated carbocycles. The van der Waals surface area contributed by atoms with Gasteiger partial charge in [-0.1, -0.05) is 0 Å². The van der Waals surface area contributed by atoms with Gasteiger partial charge in [-0.25, -0.2) is 8.42 Å². The number of hydrogen-bond donors (Lipinski definition) is 2. The Morgan fingerprint density at radius 2 is 1.96 bits per heavy atom. The van der Waals surface area contributed by atoms with Gasteiger partial charge >= 0.3 is 0 Å². The second-order valence-electron chi connectivity index (χ2n) is 6.26. The number of carbonyl (C=O) groups is 1. The largest absolute Gasteiger partial charge is 0.353 e. The lowest BCUT2D eigenvalue weighted by atomic mass is 9.95. The molecule has 1 unspecified atom stereocenters. The van der Waals surface area contributed by atoms with E-state index in [0.29, 0.717) is 32.5 Å². The van der Waals surface area contributed by atoms with Crippen LogP contribution < -0.4 is 10.6 Å². The van der Waals surface area contributed by atoms with Gasteiger partial charge in [-0.05, 0) is 62.4 Å². The molecule has 1 aliphatic rings. The topological polar surface area (TPSA) is 78.5 Å². The molecule has 1 atom stereocenters. The van der Waals surface area contributed by atoms with E-state index in [1.54, 1.807) is 11.3 Å². The van der Waals surface area contributed by atoms with Crippen LogP contribution in [-0.2, 0) is 14.6 Å². The molecule has 0 radical (unpaired) electrons. The molecule has 0 bridgehead atoms. The molecule has 1 fully saturated rings. The van der Waals surface area contributed by atoms with Crippen LogP contribution in [0.3, 0.4) is 0 Å². The lowest BCUT2D eigenvalue weighted by molar-refractivity contribution is -0.124. The van der Waals surface area contributed by atoms with Crippen LogP contribution in [-0.4, -0.2) is 64.0 Å². The Morgan fingerprint density at radius 3 is 2.40 bits per heavy atom. The first-order valence-electron chi connectivity index (χ1n) is 7.65. The van der Waals surface area contributed by atoms with E-state index in [4.69, 9.17) is 0 Å². The van der Waals surface area contributed by atoms with Gasteiger partial charge in [-0.3, -0.25) is 4.79 Å². The molecule has 2 rings (SSSR count). The SMILES string of the molecule is CN(C)C(CNC(=O)C1(S(C)(=O)=O)CCNCC1)c1ccsc1.Cl.Cl. The minimum absolute atomic E-state index is 0. The molecule has 2 N–H and O–H groups in total. The number of sulfone groups is 1. The summed E-state index contributed by atoms with van der Waals surface area (Å²) < 4.78 is 23.2. The van der Waals surface area contributed by atoms with Crippen molar-refractivity contribution >= 4 is 51.9 Å². The van der Waals surface area contributed by atoms with Gasteiger partial charge in [-0.2, -0.15) is 11.3 Å². The van der Waals surface area contributed by atoms with Gasteiger partial charge in [0, 0.05) is 12.8 Å². The van der Waals surface area contributed by atoms with Gasteiger partial charge < -0.3 is 15.5 Å². The van der Waals surface area contributed by atoms with Crippen LogP contribution in [0.2, 0.25) is 0 Å². The Hall–Kier alpha value is -0.380. The standard InChI is InChI=1S/C15H25N3O3S2.2ClH/c1-18(2)13(12-4-9-22-11-12)10-17-14(19)15(23(3,20)21)5-7-16-8-6-15;;/h4,9,11,13,16H,5-8,10H2,1-3H3,(H,17,19);2*1H. The second kappa shape index (κ2) is 10.1. The Morgan fingerprint density at radius 1 is 1.36 bits per heavy atom. The average molecular weight is 432 g/mol. The molecular weight excluding hydrogens is 405 g/mol. The number of likely N-dealkylation sites (N-methyl/N-ethyl adjacent to an activating group) is 1. The Kier molecular flexibility index (Phi) is 9.93. The highest BCUT2D eigenvalue weighted by molar-refractivity contribution is 7.92. The molecule has 1 aliphatic heterocycles. The van der Waals surface area contributed by atoms with Crippen LogP contribution in [0.25, 0.3) is 0 Å². The van der Waals surface area contributed by atoms with E-state index >= 15 is 0 Å². The molecule has 1 amide bonds. The summed E-state index contributed by atoms with van der Waals surface area (Å²) >= 11 is 1.61. The third-order valence-electron chi connectivity index (χ3n) is 4.54. The van der Waals surface area contributed by atoms with Crippen molar-refractivity contribution < 1.29 is 13.2 Å². The van der Waals surface area contributed by atoms with E-state index in [0.717, 1.165) is 5.56 Å². The van der Waals surface area contributed by atoms with Gasteiger partial charge in [0.1, 0.15) is 0 Å². The smallest absolute Gasteiger partial charge is 0.241 e. The van der Waals surface area contributed by atoms with Crippen LogP contribution in [0.15, 0.2) is 16.8 Å². The van der Waals surface area contributed by atoms with Crippen LogP contribution in [0.4, 0.5) is 0 Å². The van der Waals surface area contributed by atoms with Crippen LogP contribution in [0, 0.1) is 0 Å². The molecular formula is C15H27Cl2N3O3S2. The maximum absolute atomic E-state index is 12.7. The minimum Gasteiger partial charge on any atom is -0.353 e. The minimum atomic E-state index is -3.47. The molecule has 6 nitrogen and oxygen atoms in total. The summed E-state index contributed by atoms with van der Waals surface area (Å²) in [4.78, 5) is 14.8. The lowest BCUT2D eigenvalue weighted by Crippen LogP contribution is -2.58. The number of halogens is 2. The maximum Gasteiger partial charge on any atom is 0.241 e. The van der Waals surface area contributed by atoms with Gasteiger partial charge in [0.15, 0.2) is 14.6 Å². The van der Waals surface area contributed by atoms with Crippen molar-refractivity contribution in [3.05, 3.63) is 22.4 Å². The summed E-state index contributed by atoms with van der Waals surface area (Å²) in [6.07, 6.45) is 1.81. The summed E-state index contributed by atoms with van der Waals surface area (Å²) in [5, 5.41) is 10.1. The Balaban J connectivity index is 0.00000288. The summed E-state index contributed by atoms with van der Waals surface area (Å²) in [7, 11) is 0.427. The predicted molar refractivity (Wildman–Crippen MR) is 108 cm³/mol. The summed E-state index contributed by atoms with van der Waals surface area (Å²) in [6, 6.07) is 2.06. The van der Waals surface area contributed by atoms with Gasteiger partial charge in [0.2, 0.25) is 5.91 Å². The molecule has 1 saturated heterocycles. The molecule has 0 aliphatic carbocycles. The molecule has 0 aromatic carbocycles. The van der Waals surface area contributed by atoms with Crippen molar-refractivity contribution in [2.75, 3.05) is 40.0 Å². The van der Waals surface area contributed by atoms with Gasteiger partial charge in [0.05, 0.1) is 6.04 Å². The summed E-state index contributed by atoms with van der Waals surface area (Å²) in [5.41, 5.74) is 1.12. The lowest BCUT2D eigenvalue weighted by Gasteiger charge is -2.35. The second-order valence-corrected chi connectivity index (χ2v) is 9.37. The summed E-state index contributed by atoms with van der Waals surface area (Å²) in [6.45, 7) is 1.48. The van der Waals surface area contributed by atoms with Crippen LogP contribution in [0.1, 0.15) is 24.4 Å². The number of rotatable bonds is 6. The predicted octanol–water partition coefficient (Wildman–Crippen LogP) is 1.48.